The fourth-order valence-electron chi connectivity index (χ4n) is 2.89. The molecule has 1 aromatic rings. The largest absolute Gasteiger partial charge is 0.308 e. The lowest BCUT2D eigenvalue weighted by Gasteiger charge is -2.42. The number of rotatable bonds is 3. The molecule has 0 aliphatic carbocycles. The summed E-state index contributed by atoms with van der Waals surface area (Å²) in [4.78, 5) is 27.9. The molecule has 2 amide bonds. The average molecular weight is 310 g/mol. The van der Waals surface area contributed by atoms with Crippen LogP contribution in [0.1, 0.15) is 19.4 Å². The highest BCUT2D eigenvalue weighted by Crippen LogP contribution is 2.28. The molecule has 1 heterocycles. The zero-order valence-electron chi connectivity index (χ0n) is 13.7. The van der Waals surface area contributed by atoms with Crippen molar-refractivity contribution in [1.29, 1.82) is 0 Å². The van der Waals surface area contributed by atoms with E-state index < -0.39 is 0 Å². The smallest absolute Gasteiger partial charge is 0.231 e. The first kappa shape index (κ1) is 16.7. The Hall–Kier alpha value is -2.62. The standard InChI is InChI=1S/C19H22N2O2/c1-5-9-18-15(3)21(16(4)22)14(2)13-20(18)19(23)12-17-10-7-6-8-11-17/h5-11,14H,1,3,12-13H2,2,4H3/b18-9+. The first-order valence-electron chi connectivity index (χ1n) is 7.61. The molecule has 0 aromatic heterocycles. The maximum absolute atomic E-state index is 12.7. The van der Waals surface area contributed by atoms with E-state index in [1.807, 2.05) is 37.3 Å². The summed E-state index contributed by atoms with van der Waals surface area (Å²) in [5, 5.41) is 0. The van der Waals surface area contributed by atoms with Gasteiger partial charge >= 0.3 is 0 Å². The van der Waals surface area contributed by atoms with Crippen LogP contribution in [-0.2, 0) is 16.0 Å². The molecule has 1 aromatic carbocycles. The van der Waals surface area contributed by atoms with Crippen molar-refractivity contribution in [2.24, 2.45) is 0 Å². The van der Waals surface area contributed by atoms with Crippen LogP contribution in [0.15, 0.2) is 67.0 Å². The van der Waals surface area contributed by atoms with Gasteiger partial charge in [-0.05, 0) is 18.6 Å². The van der Waals surface area contributed by atoms with Gasteiger partial charge in [-0.2, -0.15) is 0 Å². The Labute approximate surface area is 137 Å². The summed E-state index contributed by atoms with van der Waals surface area (Å²) in [6.45, 7) is 11.6. The van der Waals surface area contributed by atoms with Crippen molar-refractivity contribution in [2.45, 2.75) is 26.3 Å². The second-order valence-electron chi connectivity index (χ2n) is 5.64. The number of carbonyl (C=O) groups is 2. The van der Waals surface area contributed by atoms with Crippen molar-refractivity contribution < 1.29 is 9.59 Å². The number of carbonyl (C=O) groups excluding carboxylic acids is 2. The lowest BCUT2D eigenvalue weighted by molar-refractivity contribution is -0.135. The normalized spacial score (nSPS) is 19.8. The predicted octanol–water partition coefficient (Wildman–Crippen LogP) is 2.89. The Bertz CT molecular complexity index is 661. The van der Waals surface area contributed by atoms with E-state index in [4.69, 9.17) is 0 Å². The molecular weight excluding hydrogens is 288 g/mol. The molecule has 120 valence electrons. The molecule has 4 nitrogen and oxygen atoms in total. The molecule has 1 unspecified atom stereocenters. The van der Waals surface area contributed by atoms with E-state index in [1.54, 1.807) is 22.0 Å². The topological polar surface area (TPSA) is 40.6 Å². The van der Waals surface area contributed by atoms with Crippen LogP contribution in [0.2, 0.25) is 0 Å². The number of benzene rings is 1. The molecule has 0 spiro atoms. The molecule has 0 saturated carbocycles. The van der Waals surface area contributed by atoms with Crippen molar-refractivity contribution in [3.05, 3.63) is 72.6 Å². The van der Waals surface area contributed by atoms with E-state index >= 15 is 0 Å². The fourth-order valence-corrected chi connectivity index (χ4v) is 2.89. The zero-order chi connectivity index (χ0) is 17.0. The third-order valence-corrected chi connectivity index (χ3v) is 3.88. The Morgan fingerprint density at radius 3 is 2.52 bits per heavy atom. The summed E-state index contributed by atoms with van der Waals surface area (Å²) >= 11 is 0. The minimum atomic E-state index is -0.110. The van der Waals surface area contributed by atoms with Gasteiger partial charge < -0.3 is 9.80 Å². The highest BCUT2D eigenvalue weighted by molar-refractivity contribution is 5.84. The first-order valence-corrected chi connectivity index (χ1v) is 7.61. The molecule has 4 heteroatoms. The van der Waals surface area contributed by atoms with Gasteiger partial charge in [0.25, 0.3) is 0 Å². The second-order valence-corrected chi connectivity index (χ2v) is 5.64. The van der Waals surface area contributed by atoms with Crippen LogP contribution in [0.4, 0.5) is 0 Å². The number of piperazine rings is 1. The van der Waals surface area contributed by atoms with Gasteiger partial charge in [-0.25, -0.2) is 0 Å². The highest BCUT2D eigenvalue weighted by atomic mass is 16.2. The van der Waals surface area contributed by atoms with E-state index in [9.17, 15) is 9.59 Å². The van der Waals surface area contributed by atoms with E-state index in [1.165, 1.54) is 6.92 Å². The van der Waals surface area contributed by atoms with Gasteiger partial charge in [-0.1, -0.05) is 49.6 Å². The molecule has 1 atom stereocenters. The van der Waals surface area contributed by atoms with Crippen LogP contribution < -0.4 is 0 Å². The van der Waals surface area contributed by atoms with Crippen LogP contribution in [0.25, 0.3) is 0 Å². The van der Waals surface area contributed by atoms with Gasteiger partial charge in [0.05, 0.1) is 23.9 Å². The maximum Gasteiger partial charge on any atom is 0.231 e. The van der Waals surface area contributed by atoms with Gasteiger partial charge in [0.1, 0.15) is 0 Å². The first-order chi connectivity index (χ1) is 11.0. The molecule has 0 radical (unpaired) electrons. The monoisotopic (exact) mass is 310 g/mol. The molecule has 1 aliphatic heterocycles. The number of nitrogens with zero attached hydrogens (tertiary/aromatic N) is 2. The zero-order valence-corrected chi connectivity index (χ0v) is 13.7. The van der Waals surface area contributed by atoms with Gasteiger partial charge in [0.2, 0.25) is 11.8 Å². The Kier molecular flexibility index (Phi) is 5.16. The molecular formula is C19H22N2O2. The van der Waals surface area contributed by atoms with Gasteiger partial charge in [-0.15, -0.1) is 0 Å². The predicted molar refractivity (Wildman–Crippen MR) is 91.3 cm³/mol. The van der Waals surface area contributed by atoms with Crippen LogP contribution in [0.5, 0.6) is 0 Å². The lowest BCUT2D eigenvalue weighted by atomic mass is 10.1. The number of allylic oxidation sites excluding steroid dienone is 2. The van der Waals surface area contributed by atoms with E-state index in [0.29, 0.717) is 24.4 Å². The minimum absolute atomic E-state index is 0.0134. The summed E-state index contributed by atoms with van der Waals surface area (Å²) in [7, 11) is 0. The van der Waals surface area contributed by atoms with Gasteiger partial charge in [-0.3, -0.25) is 9.59 Å². The Morgan fingerprint density at radius 1 is 1.30 bits per heavy atom. The third kappa shape index (κ3) is 3.59. The minimum Gasteiger partial charge on any atom is -0.308 e. The number of amides is 2. The van der Waals surface area contributed by atoms with E-state index in [-0.39, 0.29) is 17.9 Å². The summed E-state index contributed by atoms with van der Waals surface area (Å²) < 4.78 is 0. The van der Waals surface area contributed by atoms with Crippen LogP contribution in [0, 0.1) is 0 Å². The van der Waals surface area contributed by atoms with E-state index in [2.05, 4.69) is 13.2 Å². The fraction of sp³-hybridized carbons (Fsp3) is 0.263. The number of hydrogen-bond donors (Lipinski definition) is 0. The average Bonchev–Trinajstić information content (AvgIpc) is 2.50. The molecule has 1 saturated heterocycles. The van der Waals surface area contributed by atoms with Crippen LogP contribution in [0.3, 0.4) is 0 Å². The molecule has 0 bridgehead atoms. The quantitative estimate of drug-likeness (QED) is 0.861. The lowest BCUT2D eigenvalue weighted by Crippen LogP contribution is -2.52. The van der Waals surface area contributed by atoms with Crippen molar-refractivity contribution in [1.82, 2.24) is 9.80 Å². The third-order valence-electron chi connectivity index (χ3n) is 3.88. The van der Waals surface area contributed by atoms with Crippen molar-refractivity contribution in [3.8, 4) is 0 Å². The molecule has 23 heavy (non-hydrogen) atoms. The summed E-state index contributed by atoms with van der Waals surface area (Å²) in [6, 6.07) is 9.50. The molecule has 1 fully saturated rings. The van der Waals surface area contributed by atoms with Crippen LogP contribution >= 0.6 is 0 Å². The Morgan fingerprint density at radius 2 is 1.96 bits per heavy atom. The molecule has 0 N–H and O–H groups in total. The summed E-state index contributed by atoms with van der Waals surface area (Å²) in [6.07, 6.45) is 3.65. The second kappa shape index (κ2) is 7.09. The Balaban J connectivity index is 2.28. The van der Waals surface area contributed by atoms with Gasteiger partial charge in [0, 0.05) is 13.5 Å². The molecule has 2 rings (SSSR count). The van der Waals surface area contributed by atoms with Crippen molar-refractivity contribution in [2.75, 3.05) is 6.54 Å². The molecule has 1 aliphatic rings. The SMILES string of the molecule is C=C/C=C1\C(=C)N(C(C)=O)C(C)CN1C(=O)Cc1ccccc1. The van der Waals surface area contributed by atoms with Crippen LogP contribution in [-0.4, -0.2) is 34.2 Å². The van der Waals surface area contributed by atoms with Gasteiger partial charge in [0.15, 0.2) is 0 Å². The van der Waals surface area contributed by atoms with Crippen molar-refractivity contribution in [3.63, 3.8) is 0 Å². The van der Waals surface area contributed by atoms with Crippen molar-refractivity contribution >= 4 is 11.8 Å². The van der Waals surface area contributed by atoms with E-state index in [0.717, 1.165) is 5.56 Å². The highest BCUT2D eigenvalue weighted by Gasteiger charge is 2.34. The summed E-state index contributed by atoms with van der Waals surface area (Å²) in [5.41, 5.74) is 2.13. The summed E-state index contributed by atoms with van der Waals surface area (Å²) in [5.74, 6) is -0.0897. The maximum atomic E-state index is 12.7. The number of hydrogen-bond acceptors (Lipinski definition) is 2.